The average Bonchev–Trinajstić information content (AvgIpc) is 2.99. The Morgan fingerprint density at radius 3 is 2.78 bits per heavy atom. The number of benzene rings is 1. The van der Waals surface area contributed by atoms with Gasteiger partial charge in [0.25, 0.3) is 0 Å². The van der Waals surface area contributed by atoms with Gasteiger partial charge in [-0.25, -0.2) is 4.79 Å². The van der Waals surface area contributed by atoms with Crippen LogP contribution in [-0.2, 0) is 4.74 Å². The summed E-state index contributed by atoms with van der Waals surface area (Å²) >= 11 is 0. The first-order valence-electron chi connectivity index (χ1n) is 6.22. The molecule has 2 fully saturated rings. The van der Waals surface area contributed by atoms with Crippen LogP contribution in [0, 0.1) is 5.92 Å². The van der Waals surface area contributed by atoms with E-state index in [-0.39, 0.29) is 17.9 Å². The summed E-state index contributed by atoms with van der Waals surface area (Å²) < 4.78 is 5.43. The van der Waals surface area contributed by atoms with Crippen LogP contribution < -0.4 is 10.2 Å². The van der Waals surface area contributed by atoms with Gasteiger partial charge in [0.15, 0.2) is 0 Å². The minimum Gasteiger partial charge on any atom is -0.508 e. The number of ether oxygens (including phenoxy) is 1. The molecule has 5 nitrogen and oxygen atoms in total. The molecular weight excluding hydrogens is 232 g/mol. The molecule has 2 saturated heterocycles. The van der Waals surface area contributed by atoms with Gasteiger partial charge in [-0.15, -0.1) is 0 Å². The van der Waals surface area contributed by atoms with Gasteiger partial charge in [-0.05, 0) is 37.2 Å². The number of nitrogens with zero attached hydrogens (tertiary/aromatic N) is 1. The van der Waals surface area contributed by atoms with Gasteiger partial charge in [0.05, 0.1) is 6.54 Å². The summed E-state index contributed by atoms with van der Waals surface area (Å²) in [6.45, 7) is 2.51. The molecule has 3 rings (SSSR count). The van der Waals surface area contributed by atoms with Crippen molar-refractivity contribution < 1.29 is 14.6 Å². The molecular formula is C13H16N2O3. The standard InChI is InChI=1S/C13H16N2O3/c16-11-3-1-10(2-4-11)15-8-12(18-13(15)17)9-5-6-14-7-9/h1-4,9,12,14,16H,5-8H2. The van der Waals surface area contributed by atoms with Crippen LogP contribution in [0.4, 0.5) is 10.5 Å². The van der Waals surface area contributed by atoms with Gasteiger partial charge in [0.1, 0.15) is 11.9 Å². The molecule has 5 heteroatoms. The summed E-state index contributed by atoms with van der Waals surface area (Å²) in [5.74, 6) is 0.610. The Balaban J connectivity index is 1.74. The number of carbonyl (C=O) groups excluding carboxylic acids is 1. The second-order valence-corrected chi connectivity index (χ2v) is 4.80. The Morgan fingerprint density at radius 2 is 2.11 bits per heavy atom. The number of anilines is 1. The minimum atomic E-state index is -0.294. The number of hydrogen-bond donors (Lipinski definition) is 2. The third-order valence-corrected chi connectivity index (χ3v) is 3.62. The lowest BCUT2D eigenvalue weighted by Crippen LogP contribution is -2.28. The van der Waals surface area contributed by atoms with E-state index in [1.54, 1.807) is 29.2 Å². The van der Waals surface area contributed by atoms with E-state index in [4.69, 9.17) is 4.74 Å². The van der Waals surface area contributed by atoms with Crippen molar-refractivity contribution in [3.63, 3.8) is 0 Å². The summed E-state index contributed by atoms with van der Waals surface area (Å²) in [6, 6.07) is 6.61. The molecule has 0 bridgehead atoms. The monoisotopic (exact) mass is 248 g/mol. The number of phenolic OH excluding ortho intramolecular Hbond substituents is 1. The van der Waals surface area contributed by atoms with E-state index in [0.717, 1.165) is 25.2 Å². The molecule has 1 amide bonds. The fourth-order valence-corrected chi connectivity index (χ4v) is 2.57. The van der Waals surface area contributed by atoms with E-state index >= 15 is 0 Å². The molecule has 2 aliphatic heterocycles. The smallest absolute Gasteiger partial charge is 0.414 e. The lowest BCUT2D eigenvalue weighted by molar-refractivity contribution is 0.111. The second-order valence-electron chi connectivity index (χ2n) is 4.80. The van der Waals surface area contributed by atoms with E-state index in [1.807, 2.05) is 0 Å². The molecule has 0 spiro atoms. The maximum absolute atomic E-state index is 11.8. The number of hydrogen-bond acceptors (Lipinski definition) is 4. The molecule has 18 heavy (non-hydrogen) atoms. The van der Waals surface area contributed by atoms with Crippen LogP contribution >= 0.6 is 0 Å². The van der Waals surface area contributed by atoms with E-state index in [1.165, 1.54) is 0 Å². The molecule has 2 N–H and O–H groups in total. The second kappa shape index (κ2) is 4.49. The SMILES string of the molecule is O=C1OC(C2CCNC2)CN1c1ccc(O)cc1. The molecule has 0 saturated carbocycles. The molecule has 2 unspecified atom stereocenters. The highest BCUT2D eigenvalue weighted by Crippen LogP contribution is 2.28. The van der Waals surface area contributed by atoms with Crippen molar-refractivity contribution in [3.05, 3.63) is 24.3 Å². The Morgan fingerprint density at radius 1 is 1.33 bits per heavy atom. The Bertz CT molecular complexity index is 440. The van der Waals surface area contributed by atoms with Crippen molar-refractivity contribution >= 4 is 11.8 Å². The topological polar surface area (TPSA) is 61.8 Å². The predicted octanol–water partition coefficient (Wildman–Crippen LogP) is 1.33. The third-order valence-electron chi connectivity index (χ3n) is 3.62. The molecule has 1 aromatic rings. The molecule has 0 aromatic heterocycles. The van der Waals surface area contributed by atoms with E-state index in [2.05, 4.69) is 5.32 Å². The molecule has 0 radical (unpaired) electrons. The Kier molecular flexibility index (Phi) is 2.83. The zero-order valence-corrected chi connectivity index (χ0v) is 10.0. The van der Waals surface area contributed by atoms with Crippen LogP contribution in [0.25, 0.3) is 0 Å². The summed E-state index contributed by atoms with van der Waals surface area (Å²) in [4.78, 5) is 13.5. The normalized spacial score (nSPS) is 27.6. The van der Waals surface area contributed by atoms with E-state index in [0.29, 0.717) is 12.5 Å². The van der Waals surface area contributed by atoms with Crippen LogP contribution in [-0.4, -0.2) is 36.9 Å². The van der Waals surface area contributed by atoms with Crippen molar-refractivity contribution in [2.45, 2.75) is 12.5 Å². The lowest BCUT2D eigenvalue weighted by atomic mass is 10.0. The van der Waals surface area contributed by atoms with Gasteiger partial charge in [-0.3, -0.25) is 4.90 Å². The third kappa shape index (κ3) is 2.01. The summed E-state index contributed by atoms with van der Waals surface area (Å²) in [7, 11) is 0. The number of nitrogens with one attached hydrogen (secondary N) is 1. The van der Waals surface area contributed by atoms with Gasteiger partial charge < -0.3 is 15.2 Å². The molecule has 2 atom stereocenters. The quantitative estimate of drug-likeness (QED) is 0.828. The molecule has 0 aliphatic carbocycles. The highest BCUT2D eigenvalue weighted by Gasteiger charge is 2.38. The summed E-state index contributed by atoms with van der Waals surface area (Å²) in [5, 5.41) is 12.5. The van der Waals surface area contributed by atoms with Crippen LogP contribution in [0.1, 0.15) is 6.42 Å². The van der Waals surface area contributed by atoms with Gasteiger partial charge >= 0.3 is 6.09 Å². The summed E-state index contributed by atoms with van der Waals surface area (Å²) in [5.41, 5.74) is 0.770. The molecule has 1 aromatic carbocycles. The predicted molar refractivity (Wildman–Crippen MR) is 66.7 cm³/mol. The first-order chi connectivity index (χ1) is 8.74. The zero-order valence-electron chi connectivity index (χ0n) is 10.0. The van der Waals surface area contributed by atoms with Gasteiger partial charge in [-0.1, -0.05) is 0 Å². The van der Waals surface area contributed by atoms with Crippen LogP contribution in [0.3, 0.4) is 0 Å². The van der Waals surface area contributed by atoms with Crippen LogP contribution in [0.15, 0.2) is 24.3 Å². The number of amides is 1. The maximum Gasteiger partial charge on any atom is 0.414 e. The van der Waals surface area contributed by atoms with Crippen LogP contribution in [0.5, 0.6) is 5.75 Å². The molecule has 96 valence electrons. The van der Waals surface area contributed by atoms with Crippen molar-refractivity contribution in [2.75, 3.05) is 24.5 Å². The molecule has 2 aliphatic rings. The van der Waals surface area contributed by atoms with Crippen LogP contribution in [0.2, 0.25) is 0 Å². The van der Waals surface area contributed by atoms with Crippen molar-refractivity contribution in [3.8, 4) is 5.75 Å². The van der Waals surface area contributed by atoms with E-state index in [9.17, 15) is 9.90 Å². The maximum atomic E-state index is 11.8. The summed E-state index contributed by atoms with van der Waals surface area (Å²) in [6.07, 6.45) is 0.736. The molecule has 2 heterocycles. The zero-order chi connectivity index (χ0) is 12.5. The van der Waals surface area contributed by atoms with Crippen molar-refractivity contribution in [1.82, 2.24) is 5.32 Å². The first kappa shape index (κ1) is 11.3. The van der Waals surface area contributed by atoms with Crippen molar-refractivity contribution in [2.24, 2.45) is 5.92 Å². The van der Waals surface area contributed by atoms with E-state index < -0.39 is 0 Å². The number of phenols is 1. The number of cyclic esters (lactones) is 1. The first-order valence-corrected chi connectivity index (χ1v) is 6.22. The van der Waals surface area contributed by atoms with Gasteiger partial charge in [0.2, 0.25) is 0 Å². The lowest BCUT2D eigenvalue weighted by Gasteiger charge is -2.15. The van der Waals surface area contributed by atoms with Gasteiger partial charge in [-0.2, -0.15) is 0 Å². The number of rotatable bonds is 2. The highest BCUT2D eigenvalue weighted by molar-refractivity contribution is 5.89. The number of aromatic hydroxyl groups is 1. The van der Waals surface area contributed by atoms with Gasteiger partial charge in [0, 0.05) is 18.2 Å². The Labute approximate surface area is 105 Å². The fourth-order valence-electron chi connectivity index (χ4n) is 2.57. The number of carbonyl (C=O) groups is 1. The highest BCUT2D eigenvalue weighted by atomic mass is 16.6. The largest absolute Gasteiger partial charge is 0.508 e. The Hall–Kier alpha value is -1.75. The average molecular weight is 248 g/mol. The fraction of sp³-hybridized carbons (Fsp3) is 0.462. The minimum absolute atomic E-state index is 0.0266. The van der Waals surface area contributed by atoms with Crippen molar-refractivity contribution in [1.29, 1.82) is 0 Å².